The zero-order valence-electron chi connectivity index (χ0n) is 16.8. The van der Waals surface area contributed by atoms with Crippen LogP contribution in [0.15, 0.2) is 36.0 Å². The fraction of sp³-hybridized carbons (Fsp3) is 0.429. The molecule has 2 heterocycles. The number of fused-ring (bicyclic) bond motifs is 1. The van der Waals surface area contributed by atoms with Gasteiger partial charge >= 0.3 is 0 Å². The van der Waals surface area contributed by atoms with E-state index in [1.807, 2.05) is 24.6 Å². The molecule has 1 aromatic carbocycles. The van der Waals surface area contributed by atoms with Crippen molar-refractivity contribution in [3.05, 3.63) is 58.7 Å². The van der Waals surface area contributed by atoms with Crippen molar-refractivity contribution >= 4 is 11.7 Å². The number of carbonyl (C=O) groups is 1. The zero-order valence-corrected chi connectivity index (χ0v) is 16.8. The summed E-state index contributed by atoms with van der Waals surface area (Å²) in [6.07, 6.45) is 3.25. The number of hydrogen-bond donors (Lipinski definition) is 1. The van der Waals surface area contributed by atoms with E-state index in [1.54, 1.807) is 24.1 Å². The first-order valence-electron chi connectivity index (χ1n) is 9.61. The van der Waals surface area contributed by atoms with Crippen LogP contribution in [0.25, 0.3) is 0 Å². The molecule has 0 saturated heterocycles. The summed E-state index contributed by atoms with van der Waals surface area (Å²) in [6, 6.07) is 5.81. The van der Waals surface area contributed by atoms with Crippen LogP contribution < -0.4 is 5.32 Å². The van der Waals surface area contributed by atoms with Gasteiger partial charge in [-0.25, -0.2) is 9.07 Å². The average Bonchev–Trinajstić information content (AvgIpc) is 3.03. The van der Waals surface area contributed by atoms with Crippen molar-refractivity contribution in [2.45, 2.75) is 46.4 Å². The summed E-state index contributed by atoms with van der Waals surface area (Å²) in [5.41, 5.74) is 3.23. The Labute approximate surface area is 165 Å². The van der Waals surface area contributed by atoms with Crippen molar-refractivity contribution in [3.8, 4) is 0 Å². The van der Waals surface area contributed by atoms with E-state index in [-0.39, 0.29) is 12.1 Å². The number of rotatable bonds is 7. The second kappa shape index (κ2) is 8.56. The molecule has 0 spiro atoms. The molecule has 0 fully saturated rings. The van der Waals surface area contributed by atoms with E-state index in [4.69, 9.17) is 9.84 Å². The summed E-state index contributed by atoms with van der Waals surface area (Å²) in [4.78, 5) is 14.7. The minimum absolute atomic E-state index is 0.195. The topological polar surface area (TPSA) is 59.4 Å². The number of allylic oxidation sites excluding steroid dienone is 1. The largest absolute Gasteiger partial charge is 0.356 e. The fourth-order valence-electron chi connectivity index (χ4n) is 3.52. The Morgan fingerprint density at radius 3 is 2.82 bits per heavy atom. The Kier molecular flexibility index (Phi) is 6.14. The van der Waals surface area contributed by atoms with Crippen LogP contribution in [0.4, 0.5) is 10.2 Å². The second-order valence-electron chi connectivity index (χ2n) is 6.91. The SMILES string of the molecule is CCCN(Cc1nn2c(c1CC)NC(C)=CC2OC)C(=O)c1cccc(F)c1. The van der Waals surface area contributed by atoms with Crippen molar-refractivity contribution in [1.29, 1.82) is 0 Å². The Balaban J connectivity index is 1.93. The maximum atomic E-state index is 13.6. The van der Waals surface area contributed by atoms with Crippen molar-refractivity contribution < 1.29 is 13.9 Å². The van der Waals surface area contributed by atoms with Gasteiger partial charge in [0.05, 0.1) is 12.2 Å². The number of hydrogen-bond acceptors (Lipinski definition) is 4. The molecule has 0 saturated carbocycles. The highest BCUT2D eigenvalue weighted by atomic mass is 19.1. The summed E-state index contributed by atoms with van der Waals surface area (Å²) in [5.74, 6) is 0.293. The number of nitrogens with one attached hydrogen (secondary N) is 1. The van der Waals surface area contributed by atoms with Crippen LogP contribution in [0.1, 0.15) is 55.0 Å². The predicted octanol–water partition coefficient (Wildman–Crippen LogP) is 4.11. The minimum atomic E-state index is -0.414. The zero-order chi connectivity index (χ0) is 20.3. The molecule has 1 aliphatic rings. The number of aromatic nitrogens is 2. The molecule has 3 rings (SSSR count). The number of benzene rings is 1. The Morgan fingerprint density at radius 2 is 2.18 bits per heavy atom. The summed E-state index contributed by atoms with van der Waals surface area (Å²) in [6.45, 7) is 7.00. The highest BCUT2D eigenvalue weighted by molar-refractivity contribution is 5.94. The minimum Gasteiger partial charge on any atom is -0.356 e. The van der Waals surface area contributed by atoms with Crippen LogP contribution in [0.3, 0.4) is 0 Å². The van der Waals surface area contributed by atoms with Crippen molar-refractivity contribution in [2.75, 3.05) is 19.0 Å². The summed E-state index contributed by atoms with van der Waals surface area (Å²) in [5, 5.41) is 8.11. The molecule has 0 radical (unpaired) electrons. The van der Waals surface area contributed by atoms with Gasteiger partial charge in [0.25, 0.3) is 5.91 Å². The maximum absolute atomic E-state index is 13.6. The van der Waals surface area contributed by atoms with E-state index in [1.165, 1.54) is 12.1 Å². The van der Waals surface area contributed by atoms with Crippen LogP contribution in [-0.4, -0.2) is 34.2 Å². The third kappa shape index (κ3) is 3.94. The standard InChI is InChI=1S/C21H27FN4O2/c1-5-10-25(21(27)15-8-7-9-16(22)12-15)13-18-17(6-2)20-23-14(3)11-19(28-4)26(20)24-18/h7-9,11-12,19,23H,5-6,10,13H2,1-4H3. The molecular weight excluding hydrogens is 359 g/mol. The van der Waals surface area contributed by atoms with Gasteiger partial charge in [-0.05, 0) is 44.0 Å². The van der Waals surface area contributed by atoms with Crippen LogP contribution in [0, 0.1) is 5.82 Å². The molecule has 0 aliphatic carbocycles. The lowest BCUT2D eigenvalue weighted by molar-refractivity contribution is 0.0709. The quantitative estimate of drug-likeness (QED) is 0.778. The van der Waals surface area contributed by atoms with E-state index >= 15 is 0 Å². The van der Waals surface area contributed by atoms with E-state index in [0.717, 1.165) is 35.6 Å². The summed E-state index contributed by atoms with van der Waals surface area (Å²) < 4.78 is 20.9. The molecule has 2 aromatic rings. The molecule has 1 atom stereocenters. The molecule has 6 nitrogen and oxygen atoms in total. The molecule has 1 unspecified atom stereocenters. The first-order chi connectivity index (χ1) is 13.5. The number of carbonyl (C=O) groups excluding carboxylic acids is 1. The third-order valence-corrected chi connectivity index (χ3v) is 4.83. The van der Waals surface area contributed by atoms with Gasteiger partial charge in [0.15, 0.2) is 6.23 Å². The average molecular weight is 386 g/mol. The smallest absolute Gasteiger partial charge is 0.254 e. The van der Waals surface area contributed by atoms with Gasteiger partial charge in [-0.1, -0.05) is 19.9 Å². The molecule has 150 valence electrons. The lowest BCUT2D eigenvalue weighted by Gasteiger charge is -2.23. The van der Waals surface area contributed by atoms with Crippen molar-refractivity contribution in [3.63, 3.8) is 0 Å². The molecule has 1 aliphatic heterocycles. The third-order valence-electron chi connectivity index (χ3n) is 4.83. The van der Waals surface area contributed by atoms with Gasteiger partial charge in [-0.3, -0.25) is 4.79 Å². The van der Waals surface area contributed by atoms with E-state index < -0.39 is 5.82 Å². The molecule has 28 heavy (non-hydrogen) atoms. The van der Waals surface area contributed by atoms with Gasteiger partial charge in [0.2, 0.25) is 0 Å². The van der Waals surface area contributed by atoms with Crippen LogP contribution in [0.5, 0.6) is 0 Å². The van der Waals surface area contributed by atoms with Gasteiger partial charge < -0.3 is 15.0 Å². The number of amides is 1. The monoisotopic (exact) mass is 386 g/mol. The molecule has 0 bridgehead atoms. The van der Waals surface area contributed by atoms with E-state index in [0.29, 0.717) is 18.7 Å². The maximum Gasteiger partial charge on any atom is 0.254 e. The van der Waals surface area contributed by atoms with Gasteiger partial charge in [0, 0.05) is 30.5 Å². The Bertz CT molecular complexity index is 891. The summed E-state index contributed by atoms with van der Waals surface area (Å²) in [7, 11) is 1.65. The van der Waals surface area contributed by atoms with Gasteiger partial charge in [-0.15, -0.1) is 0 Å². The second-order valence-corrected chi connectivity index (χ2v) is 6.91. The molecule has 7 heteroatoms. The molecule has 1 amide bonds. The first kappa shape index (κ1) is 20.1. The highest BCUT2D eigenvalue weighted by Crippen LogP contribution is 2.31. The molecular formula is C21H27FN4O2. The lowest BCUT2D eigenvalue weighted by Crippen LogP contribution is -2.32. The van der Waals surface area contributed by atoms with Crippen molar-refractivity contribution in [1.82, 2.24) is 14.7 Å². The lowest BCUT2D eigenvalue weighted by atomic mass is 10.1. The van der Waals surface area contributed by atoms with Crippen molar-refractivity contribution in [2.24, 2.45) is 0 Å². The summed E-state index contributed by atoms with van der Waals surface area (Å²) >= 11 is 0. The van der Waals surface area contributed by atoms with Gasteiger partial charge in [0.1, 0.15) is 11.6 Å². The Morgan fingerprint density at radius 1 is 1.39 bits per heavy atom. The number of ether oxygens (including phenoxy) is 1. The van der Waals surface area contributed by atoms with E-state index in [2.05, 4.69) is 12.2 Å². The number of nitrogens with zero attached hydrogens (tertiary/aromatic N) is 3. The fourth-order valence-corrected chi connectivity index (χ4v) is 3.52. The highest BCUT2D eigenvalue weighted by Gasteiger charge is 2.27. The Hall–Kier alpha value is -2.67. The predicted molar refractivity (Wildman–Crippen MR) is 106 cm³/mol. The normalized spacial score (nSPS) is 15.6. The van der Waals surface area contributed by atoms with Crippen LogP contribution in [0.2, 0.25) is 0 Å². The molecule has 1 aromatic heterocycles. The first-order valence-corrected chi connectivity index (χ1v) is 9.61. The number of methoxy groups -OCH3 is 1. The van der Waals surface area contributed by atoms with Gasteiger partial charge in [-0.2, -0.15) is 5.10 Å². The number of halogens is 1. The van der Waals surface area contributed by atoms with Crippen LogP contribution >= 0.6 is 0 Å². The number of anilines is 1. The molecule has 1 N–H and O–H groups in total. The van der Waals surface area contributed by atoms with Crippen LogP contribution in [-0.2, 0) is 17.7 Å². The van der Waals surface area contributed by atoms with E-state index in [9.17, 15) is 9.18 Å².